The highest BCUT2D eigenvalue weighted by atomic mass is 35.5. The summed E-state index contributed by atoms with van der Waals surface area (Å²) >= 11 is 0. The summed E-state index contributed by atoms with van der Waals surface area (Å²) in [6, 6.07) is 17.7. The quantitative estimate of drug-likeness (QED) is 0.507. The van der Waals surface area contributed by atoms with Gasteiger partial charge in [0.1, 0.15) is 0 Å². The van der Waals surface area contributed by atoms with E-state index in [1.54, 1.807) is 0 Å². The number of urea groups is 1. The smallest absolute Gasteiger partial charge is 0.329 e. The van der Waals surface area contributed by atoms with E-state index in [-0.39, 0.29) is 24.8 Å². The summed E-state index contributed by atoms with van der Waals surface area (Å²) in [6.45, 7) is 3.89. The Morgan fingerprint density at radius 2 is 1.39 bits per heavy atom. The molecule has 2 saturated heterocycles. The predicted octanol–water partition coefficient (Wildman–Crippen LogP) is 2.42. The molecule has 2 aliphatic rings. The van der Waals surface area contributed by atoms with Crippen molar-refractivity contribution in [1.29, 1.82) is 0 Å². The van der Waals surface area contributed by atoms with E-state index < -0.39 is 29.8 Å². The third-order valence-electron chi connectivity index (χ3n) is 5.81. The van der Waals surface area contributed by atoms with Gasteiger partial charge in [-0.15, -0.1) is 24.8 Å². The van der Waals surface area contributed by atoms with Gasteiger partial charge in [-0.3, -0.25) is 9.59 Å². The molecule has 0 radical (unpaired) electrons. The number of esters is 1. The Hall–Kier alpha value is -2.65. The molecule has 1 unspecified atom stereocenters. The van der Waals surface area contributed by atoms with Crippen LogP contribution < -0.4 is 5.32 Å². The average Bonchev–Trinajstić information content (AvgIpc) is 3.05. The number of benzene rings is 2. The molecule has 0 spiro atoms. The standard InChI is InChI=1S/C23H26N4O4.2ClH/c1-17(28)31-22(26-15-13-25(2)14-16-26)27-20(29)23(24-21(27)30,18-9-5-3-6-10-18)19-11-7-4-8-12-19;;/h3-12,22H,13-16H2,1-2H3,(H,24,30);2*1H. The van der Waals surface area contributed by atoms with Gasteiger partial charge in [0.15, 0.2) is 5.54 Å². The van der Waals surface area contributed by atoms with Gasteiger partial charge < -0.3 is 15.0 Å². The Morgan fingerprint density at radius 1 is 0.909 bits per heavy atom. The summed E-state index contributed by atoms with van der Waals surface area (Å²) in [5.41, 5.74) is -0.117. The number of rotatable bonds is 5. The molecular formula is C23H28Cl2N4O4. The van der Waals surface area contributed by atoms with E-state index in [0.29, 0.717) is 24.2 Å². The summed E-state index contributed by atoms with van der Waals surface area (Å²) in [5, 5.41) is 2.91. The number of hydrogen-bond acceptors (Lipinski definition) is 6. The molecule has 10 heteroatoms. The van der Waals surface area contributed by atoms with Crippen molar-refractivity contribution in [2.45, 2.75) is 18.8 Å². The van der Waals surface area contributed by atoms with Crippen LogP contribution in [0.5, 0.6) is 0 Å². The van der Waals surface area contributed by atoms with E-state index in [0.717, 1.165) is 18.0 Å². The molecule has 2 aromatic carbocycles. The zero-order chi connectivity index (χ0) is 22.0. The molecule has 1 N–H and O–H groups in total. The van der Waals surface area contributed by atoms with E-state index in [2.05, 4.69) is 10.2 Å². The fraction of sp³-hybridized carbons (Fsp3) is 0.348. The highest BCUT2D eigenvalue weighted by molar-refractivity contribution is 6.09. The van der Waals surface area contributed by atoms with Crippen molar-refractivity contribution in [2.24, 2.45) is 0 Å². The van der Waals surface area contributed by atoms with Gasteiger partial charge >= 0.3 is 12.0 Å². The Balaban J connectivity index is 0.00000193. The van der Waals surface area contributed by atoms with Crippen LogP contribution in [0.25, 0.3) is 0 Å². The van der Waals surface area contributed by atoms with Crippen LogP contribution in [0.3, 0.4) is 0 Å². The van der Waals surface area contributed by atoms with Crippen molar-refractivity contribution < 1.29 is 19.1 Å². The maximum Gasteiger partial charge on any atom is 0.329 e. The van der Waals surface area contributed by atoms with Crippen LogP contribution in [0.15, 0.2) is 60.7 Å². The number of amides is 3. The first kappa shape index (κ1) is 26.6. The van der Waals surface area contributed by atoms with E-state index in [1.807, 2.05) is 72.6 Å². The summed E-state index contributed by atoms with van der Waals surface area (Å²) in [4.78, 5) is 44.2. The lowest BCUT2D eigenvalue weighted by atomic mass is 9.82. The Labute approximate surface area is 205 Å². The van der Waals surface area contributed by atoms with E-state index >= 15 is 0 Å². The van der Waals surface area contributed by atoms with Gasteiger partial charge in [-0.05, 0) is 18.2 Å². The second-order valence-electron chi connectivity index (χ2n) is 7.86. The Bertz CT molecular complexity index is 929. The van der Waals surface area contributed by atoms with Crippen LogP contribution in [-0.4, -0.2) is 72.2 Å². The molecular weight excluding hydrogens is 467 g/mol. The van der Waals surface area contributed by atoms with Gasteiger partial charge in [0, 0.05) is 33.1 Å². The van der Waals surface area contributed by atoms with Crippen molar-refractivity contribution in [3.63, 3.8) is 0 Å². The third kappa shape index (κ3) is 4.99. The molecule has 2 aliphatic heterocycles. The number of nitrogens with one attached hydrogen (secondary N) is 1. The van der Waals surface area contributed by atoms with E-state index in [1.165, 1.54) is 6.92 Å². The molecule has 8 nitrogen and oxygen atoms in total. The highest BCUT2D eigenvalue weighted by Gasteiger charge is 2.57. The minimum atomic E-state index is -1.40. The van der Waals surface area contributed by atoms with Gasteiger partial charge in [-0.25, -0.2) is 14.6 Å². The number of carbonyl (C=O) groups is 3. The summed E-state index contributed by atoms with van der Waals surface area (Å²) < 4.78 is 5.53. The van der Waals surface area contributed by atoms with Gasteiger partial charge in [0.2, 0.25) is 6.35 Å². The molecule has 1 atom stereocenters. The maximum atomic E-state index is 14.0. The lowest BCUT2D eigenvalue weighted by Gasteiger charge is -2.39. The lowest BCUT2D eigenvalue weighted by molar-refractivity contribution is -0.180. The zero-order valence-corrected chi connectivity index (χ0v) is 20.1. The zero-order valence-electron chi connectivity index (χ0n) is 18.5. The summed E-state index contributed by atoms with van der Waals surface area (Å²) in [6.07, 6.45) is -1.10. The number of carbonyl (C=O) groups excluding carboxylic acids is 3. The van der Waals surface area contributed by atoms with Crippen LogP contribution >= 0.6 is 24.8 Å². The number of halogens is 2. The average molecular weight is 495 g/mol. The van der Waals surface area contributed by atoms with Crippen LogP contribution in [0.4, 0.5) is 4.79 Å². The molecule has 4 rings (SSSR count). The van der Waals surface area contributed by atoms with E-state index in [9.17, 15) is 14.4 Å². The number of imide groups is 1. The molecule has 0 saturated carbocycles. The summed E-state index contributed by atoms with van der Waals surface area (Å²) in [7, 11) is 2.00. The van der Waals surface area contributed by atoms with Crippen LogP contribution in [-0.2, 0) is 19.9 Å². The highest BCUT2D eigenvalue weighted by Crippen LogP contribution is 2.37. The molecule has 0 bridgehead atoms. The number of likely N-dealkylation sites (N-methyl/N-ethyl adjacent to an activating group) is 1. The minimum Gasteiger partial charge on any atom is -0.427 e. The van der Waals surface area contributed by atoms with Crippen molar-refractivity contribution in [1.82, 2.24) is 20.0 Å². The normalized spacial score (nSPS) is 19.2. The maximum absolute atomic E-state index is 14.0. The monoisotopic (exact) mass is 494 g/mol. The fourth-order valence-electron chi connectivity index (χ4n) is 4.16. The van der Waals surface area contributed by atoms with Crippen molar-refractivity contribution in [3.8, 4) is 0 Å². The number of hydrogen-bond donors (Lipinski definition) is 1. The molecule has 0 aromatic heterocycles. The molecule has 2 heterocycles. The van der Waals surface area contributed by atoms with Gasteiger partial charge in [-0.2, -0.15) is 0 Å². The first-order valence-electron chi connectivity index (χ1n) is 10.3. The van der Waals surface area contributed by atoms with Crippen molar-refractivity contribution in [3.05, 3.63) is 71.8 Å². The van der Waals surface area contributed by atoms with E-state index in [4.69, 9.17) is 4.74 Å². The number of piperazine rings is 1. The number of ether oxygens (including phenoxy) is 1. The Kier molecular flexibility index (Phi) is 8.85. The molecule has 3 amide bonds. The molecule has 2 fully saturated rings. The molecule has 0 aliphatic carbocycles. The second-order valence-corrected chi connectivity index (χ2v) is 7.86. The molecule has 33 heavy (non-hydrogen) atoms. The number of nitrogens with zero attached hydrogens (tertiary/aromatic N) is 3. The molecule has 2 aromatic rings. The summed E-state index contributed by atoms with van der Waals surface area (Å²) in [5.74, 6) is -1.03. The van der Waals surface area contributed by atoms with Crippen LogP contribution in [0.1, 0.15) is 18.1 Å². The fourth-order valence-corrected chi connectivity index (χ4v) is 4.16. The van der Waals surface area contributed by atoms with Gasteiger partial charge in [0.05, 0.1) is 0 Å². The SMILES string of the molecule is CC(=O)OC(N1CCN(C)CC1)N1C(=O)NC(c2ccccc2)(c2ccccc2)C1=O.Cl.Cl. The van der Waals surface area contributed by atoms with Gasteiger partial charge in [0.25, 0.3) is 5.91 Å². The van der Waals surface area contributed by atoms with Crippen molar-refractivity contribution >= 4 is 42.7 Å². The second kappa shape index (κ2) is 11.0. The van der Waals surface area contributed by atoms with Gasteiger partial charge in [-0.1, -0.05) is 60.7 Å². The van der Waals surface area contributed by atoms with Crippen LogP contribution in [0, 0.1) is 0 Å². The first-order chi connectivity index (χ1) is 14.9. The third-order valence-corrected chi connectivity index (χ3v) is 5.81. The lowest BCUT2D eigenvalue weighted by Crippen LogP contribution is -2.59. The predicted molar refractivity (Wildman–Crippen MR) is 128 cm³/mol. The first-order valence-corrected chi connectivity index (χ1v) is 10.3. The van der Waals surface area contributed by atoms with Crippen LogP contribution in [0.2, 0.25) is 0 Å². The topological polar surface area (TPSA) is 82.2 Å². The molecule has 178 valence electrons. The Morgan fingerprint density at radius 3 is 1.85 bits per heavy atom. The van der Waals surface area contributed by atoms with Crippen molar-refractivity contribution in [2.75, 3.05) is 33.2 Å². The largest absolute Gasteiger partial charge is 0.427 e. The minimum absolute atomic E-state index is 0.